The summed E-state index contributed by atoms with van der Waals surface area (Å²) in [5.74, 6) is 0.754. The minimum atomic E-state index is -0.259. The Hall–Kier alpha value is -3.48. The van der Waals surface area contributed by atoms with Crippen molar-refractivity contribution in [2.45, 2.75) is 13.0 Å². The second-order valence-electron chi connectivity index (χ2n) is 6.81. The fraction of sp³-hybridized carbons (Fsp3) is 0.227. The van der Waals surface area contributed by atoms with E-state index in [4.69, 9.17) is 0 Å². The lowest BCUT2D eigenvalue weighted by molar-refractivity contribution is 0.0951. The van der Waals surface area contributed by atoms with E-state index in [1.54, 1.807) is 30.6 Å². The number of pyridine rings is 2. The van der Waals surface area contributed by atoms with Crippen LogP contribution in [0.3, 0.4) is 0 Å². The van der Waals surface area contributed by atoms with Crippen molar-refractivity contribution >= 4 is 17.5 Å². The molecule has 0 atom stereocenters. The van der Waals surface area contributed by atoms with Gasteiger partial charge in [-0.1, -0.05) is 18.2 Å². The van der Waals surface area contributed by atoms with Gasteiger partial charge >= 0.3 is 0 Å². The molecule has 1 aromatic carbocycles. The predicted molar refractivity (Wildman–Crippen MR) is 113 cm³/mol. The first kappa shape index (κ1) is 20.3. The van der Waals surface area contributed by atoms with E-state index in [-0.39, 0.29) is 11.7 Å². The molecule has 1 amide bonds. The molecule has 7 heteroatoms. The second-order valence-corrected chi connectivity index (χ2v) is 6.81. The number of hydrogen-bond donors (Lipinski definition) is 2. The Bertz CT molecular complexity index is 962. The number of aromatic nitrogens is 2. The minimum absolute atomic E-state index is 0.222. The van der Waals surface area contributed by atoms with Gasteiger partial charge in [-0.3, -0.25) is 9.78 Å². The van der Waals surface area contributed by atoms with E-state index in [0.717, 1.165) is 16.9 Å². The van der Waals surface area contributed by atoms with Gasteiger partial charge in [0.25, 0.3) is 5.91 Å². The highest BCUT2D eigenvalue weighted by Gasteiger charge is 2.14. The molecule has 0 aliphatic rings. The Kier molecular flexibility index (Phi) is 6.73. The van der Waals surface area contributed by atoms with Crippen LogP contribution >= 0.6 is 0 Å². The number of anilines is 2. The van der Waals surface area contributed by atoms with Crippen LogP contribution in [-0.2, 0) is 13.0 Å². The minimum Gasteiger partial charge on any atom is -0.369 e. The van der Waals surface area contributed by atoms with Crippen molar-refractivity contribution in [1.29, 1.82) is 0 Å². The number of halogens is 1. The average molecular weight is 393 g/mol. The maximum atomic E-state index is 13.4. The summed E-state index contributed by atoms with van der Waals surface area (Å²) in [4.78, 5) is 23.2. The number of carbonyl (C=O) groups excluding carboxylic acids is 1. The molecule has 0 fully saturated rings. The maximum absolute atomic E-state index is 13.4. The molecule has 0 bridgehead atoms. The fourth-order valence-electron chi connectivity index (χ4n) is 2.81. The molecular weight excluding hydrogens is 369 g/mol. The van der Waals surface area contributed by atoms with Crippen LogP contribution in [0.5, 0.6) is 0 Å². The van der Waals surface area contributed by atoms with Crippen molar-refractivity contribution in [3.05, 3.63) is 83.4 Å². The van der Waals surface area contributed by atoms with Gasteiger partial charge in [0.05, 0.1) is 5.56 Å². The zero-order chi connectivity index (χ0) is 20.6. The third-order valence-electron chi connectivity index (χ3n) is 4.35. The van der Waals surface area contributed by atoms with E-state index >= 15 is 0 Å². The summed E-state index contributed by atoms with van der Waals surface area (Å²) in [6.45, 7) is 0.904. The van der Waals surface area contributed by atoms with Gasteiger partial charge in [0.15, 0.2) is 0 Å². The van der Waals surface area contributed by atoms with Crippen LogP contribution < -0.4 is 15.5 Å². The van der Waals surface area contributed by atoms with Crippen LogP contribution in [0, 0.1) is 5.82 Å². The molecule has 150 valence electrons. The Morgan fingerprint density at radius 2 is 1.93 bits per heavy atom. The Morgan fingerprint density at radius 1 is 1.10 bits per heavy atom. The van der Waals surface area contributed by atoms with E-state index < -0.39 is 0 Å². The summed E-state index contributed by atoms with van der Waals surface area (Å²) in [5.41, 5.74) is 2.25. The lowest BCUT2D eigenvalue weighted by Gasteiger charge is -2.16. The summed E-state index contributed by atoms with van der Waals surface area (Å²) in [6, 6.07) is 13.8. The zero-order valence-corrected chi connectivity index (χ0v) is 16.5. The number of hydrogen-bond acceptors (Lipinski definition) is 5. The van der Waals surface area contributed by atoms with E-state index in [1.807, 2.05) is 37.2 Å². The molecule has 0 unspecified atom stereocenters. The van der Waals surface area contributed by atoms with Gasteiger partial charge in [-0.2, -0.15) is 0 Å². The zero-order valence-electron chi connectivity index (χ0n) is 16.5. The van der Waals surface area contributed by atoms with Crippen molar-refractivity contribution < 1.29 is 9.18 Å². The first-order chi connectivity index (χ1) is 14.0. The lowest BCUT2D eigenvalue weighted by atomic mass is 10.1. The smallest absolute Gasteiger partial charge is 0.255 e. The molecule has 0 radical (unpaired) electrons. The Morgan fingerprint density at radius 3 is 2.66 bits per heavy atom. The second kappa shape index (κ2) is 9.64. The molecule has 0 spiro atoms. The number of nitrogens with one attached hydrogen (secondary N) is 2. The average Bonchev–Trinajstić information content (AvgIpc) is 2.72. The van der Waals surface area contributed by atoms with Crippen LogP contribution in [0.1, 0.15) is 21.5 Å². The number of amides is 1. The van der Waals surface area contributed by atoms with Gasteiger partial charge in [0.2, 0.25) is 0 Å². The summed E-state index contributed by atoms with van der Waals surface area (Å²) >= 11 is 0. The normalized spacial score (nSPS) is 10.4. The van der Waals surface area contributed by atoms with Crippen molar-refractivity contribution in [3.8, 4) is 0 Å². The van der Waals surface area contributed by atoms with Crippen molar-refractivity contribution in [1.82, 2.24) is 15.3 Å². The highest BCUT2D eigenvalue weighted by Crippen LogP contribution is 2.18. The number of nitrogens with zero attached hydrogens (tertiary/aromatic N) is 3. The molecule has 3 aromatic rings. The molecule has 2 heterocycles. The third kappa shape index (κ3) is 5.75. The SMILES string of the molecule is CN(C)c1ccc(C(=O)NCc2cccnc2)c(NCCc2cccc(F)c2)n1. The van der Waals surface area contributed by atoms with E-state index in [9.17, 15) is 9.18 Å². The topological polar surface area (TPSA) is 70.2 Å². The van der Waals surface area contributed by atoms with Crippen LogP contribution in [0.4, 0.5) is 16.0 Å². The highest BCUT2D eigenvalue weighted by atomic mass is 19.1. The molecular formula is C22H24FN5O. The summed E-state index contributed by atoms with van der Waals surface area (Å²) < 4.78 is 13.4. The predicted octanol–water partition coefficient (Wildman–Crippen LogP) is 3.27. The first-order valence-corrected chi connectivity index (χ1v) is 9.37. The van der Waals surface area contributed by atoms with Crippen LogP contribution in [0.2, 0.25) is 0 Å². The summed E-state index contributed by atoms with van der Waals surface area (Å²) in [6.07, 6.45) is 4.02. The van der Waals surface area contributed by atoms with E-state index in [2.05, 4.69) is 20.6 Å². The van der Waals surface area contributed by atoms with Gasteiger partial charge in [0.1, 0.15) is 17.5 Å². The lowest BCUT2D eigenvalue weighted by Crippen LogP contribution is -2.25. The van der Waals surface area contributed by atoms with Crippen molar-refractivity contribution in [2.24, 2.45) is 0 Å². The monoisotopic (exact) mass is 393 g/mol. The van der Waals surface area contributed by atoms with Gasteiger partial charge in [-0.05, 0) is 47.9 Å². The van der Waals surface area contributed by atoms with E-state index in [0.29, 0.717) is 30.9 Å². The van der Waals surface area contributed by atoms with Gasteiger partial charge in [-0.25, -0.2) is 9.37 Å². The molecule has 0 aliphatic heterocycles. The number of carbonyl (C=O) groups is 1. The first-order valence-electron chi connectivity index (χ1n) is 9.37. The molecule has 2 N–H and O–H groups in total. The van der Waals surface area contributed by atoms with Crippen molar-refractivity contribution in [3.63, 3.8) is 0 Å². The highest BCUT2D eigenvalue weighted by molar-refractivity contribution is 5.99. The molecule has 0 aliphatic carbocycles. The van der Waals surface area contributed by atoms with Crippen molar-refractivity contribution in [2.75, 3.05) is 30.9 Å². The summed E-state index contributed by atoms with van der Waals surface area (Å²) in [5, 5.41) is 6.12. The van der Waals surface area contributed by atoms with E-state index in [1.165, 1.54) is 12.1 Å². The van der Waals surface area contributed by atoms with Crippen LogP contribution in [0.25, 0.3) is 0 Å². The van der Waals surface area contributed by atoms with Crippen LogP contribution in [-0.4, -0.2) is 36.5 Å². The van der Waals surface area contributed by atoms with Gasteiger partial charge < -0.3 is 15.5 Å². The molecule has 29 heavy (non-hydrogen) atoms. The molecule has 0 saturated heterocycles. The Balaban J connectivity index is 1.71. The molecule has 3 rings (SSSR count). The van der Waals surface area contributed by atoms with Crippen LogP contribution in [0.15, 0.2) is 60.9 Å². The fourth-order valence-corrected chi connectivity index (χ4v) is 2.81. The summed E-state index contributed by atoms with van der Waals surface area (Å²) in [7, 11) is 3.78. The third-order valence-corrected chi connectivity index (χ3v) is 4.35. The molecule has 2 aromatic heterocycles. The Labute approximate surface area is 169 Å². The number of rotatable bonds is 8. The maximum Gasteiger partial charge on any atom is 0.255 e. The van der Waals surface area contributed by atoms with Gasteiger partial charge in [0, 0.05) is 39.6 Å². The number of benzene rings is 1. The molecule has 6 nitrogen and oxygen atoms in total. The largest absolute Gasteiger partial charge is 0.369 e. The quantitative estimate of drug-likeness (QED) is 0.615. The standard InChI is InChI=1S/C22H24FN5O/c1-28(2)20-9-8-19(22(29)26-15-17-6-4-11-24-14-17)21(27-20)25-12-10-16-5-3-7-18(23)13-16/h3-9,11,13-14H,10,12,15H2,1-2H3,(H,25,27)(H,26,29). The van der Waals surface area contributed by atoms with Gasteiger partial charge in [-0.15, -0.1) is 0 Å². The molecule has 0 saturated carbocycles.